The standard InChI is InChI=1S/C22H35NO2S/c1-3-4-5-6-10-21(24)18-11-13-19(14-12-18)23-16-15-22(25)20(23)9-7-8-17-26-2/h7-8,11-14,20-22,24-25H,3-6,9-10,15-17H2,1-2H3/b8-7-. The van der Waals surface area contributed by atoms with Crippen LogP contribution in [-0.2, 0) is 0 Å². The Morgan fingerprint density at radius 1 is 1.19 bits per heavy atom. The fourth-order valence-electron chi connectivity index (χ4n) is 3.66. The highest BCUT2D eigenvalue weighted by molar-refractivity contribution is 7.98. The monoisotopic (exact) mass is 377 g/mol. The van der Waals surface area contributed by atoms with E-state index < -0.39 is 0 Å². The van der Waals surface area contributed by atoms with Gasteiger partial charge in [0.1, 0.15) is 0 Å². The Labute approximate surface area is 163 Å². The van der Waals surface area contributed by atoms with Gasteiger partial charge in [-0.1, -0.05) is 56.9 Å². The first kappa shape index (κ1) is 21.3. The molecule has 146 valence electrons. The Morgan fingerprint density at radius 3 is 2.65 bits per heavy atom. The van der Waals surface area contributed by atoms with Gasteiger partial charge in [0.05, 0.1) is 18.2 Å². The third-order valence-electron chi connectivity index (χ3n) is 5.26. The van der Waals surface area contributed by atoms with E-state index in [1.54, 1.807) is 0 Å². The van der Waals surface area contributed by atoms with Gasteiger partial charge in [-0.3, -0.25) is 0 Å². The van der Waals surface area contributed by atoms with E-state index in [2.05, 4.69) is 42.4 Å². The second-order valence-corrected chi connectivity index (χ2v) is 8.15. The van der Waals surface area contributed by atoms with Crippen LogP contribution in [0.3, 0.4) is 0 Å². The molecule has 3 atom stereocenters. The van der Waals surface area contributed by atoms with Crippen LogP contribution in [0.1, 0.15) is 63.5 Å². The zero-order valence-electron chi connectivity index (χ0n) is 16.3. The summed E-state index contributed by atoms with van der Waals surface area (Å²) in [7, 11) is 0. The summed E-state index contributed by atoms with van der Waals surface area (Å²) in [4.78, 5) is 2.31. The first-order valence-electron chi connectivity index (χ1n) is 10.0. The minimum absolute atomic E-state index is 0.151. The zero-order chi connectivity index (χ0) is 18.8. The first-order chi connectivity index (χ1) is 12.7. The maximum Gasteiger partial charge on any atom is 0.0790 e. The predicted octanol–water partition coefficient (Wildman–Crippen LogP) is 4.94. The first-order valence-corrected chi connectivity index (χ1v) is 11.4. The Kier molecular flexibility index (Phi) is 9.58. The Morgan fingerprint density at radius 2 is 1.96 bits per heavy atom. The van der Waals surface area contributed by atoms with Gasteiger partial charge in [-0.05, 0) is 43.2 Å². The third-order valence-corrected chi connectivity index (χ3v) is 5.78. The van der Waals surface area contributed by atoms with Gasteiger partial charge in [0.2, 0.25) is 0 Å². The van der Waals surface area contributed by atoms with E-state index in [4.69, 9.17) is 0 Å². The van der Waals surface area contributed by atoms with Gasteiger partial charge in [-0.25, -0.2) is 0 Å². The molecule has 0 spiro atoms. The van der Waals surface area contributed by atoms with E-state index in [1.807, 2.05) is 23.9 Å². The molecule has 0 aliphatic carbocycles. The van der Waals surface area contributed by atoms with Crippen molar-refractivity contribution in [1.82, 2.24) is 0 Å². The summed E-state index contributed by atoms with van der Waals surface area (Å²) in [5.41, 5.74) is 2.15. The molecule has 3 nitrogen and oxygen atoms in total. The van der Waals surface area contributed by atoms with Gasteiger partial charge in [0, 0.05) is 18.0 Å². The second-order valence-electron chi connectivity index (χ2n) is 7.24. The zero-order valence-corrected chi connectivity index (χ0v) is 17.1. The van der Waals surface area contributed by atoms with E-state index in [0.717, 1.165) is 49.2 Å². The number of hydrogen-bond acceptors (Lipinski definition) is 4. The van der Waals surface area contributed by atoms with E-state index in [9.17, 15) is 10.2 Å². The van der Waals surface area contributed by atoms with Gasteiger partial charge in [-0.15, -0.1) is 0 Å². The van der Waals surface area contributed by atoms with Crippen LogP contribution in [0.2, 0.25) is 0 Å². The van der Waals surface area contributed by atoms with Crippen LogP contribution in [-0.4, -0.2) is 40.9 Å². The average molecular weight is 378 g/mol. The number of nitrogens with zero attached hydrogens (tertiary/aromatic N) is 1. The minimum Gasteiger partial charge on any atom is -0.391 e. The summed E-state index contributed by atoms with van der Waals surface area (Å²) < 4.78 is 0. The molecule has 1 aromatic rings. The van der Waals surface area contributed by atoms with Crippen molar-refractivity contribution in [3.63, 3.8) is 0 Å². The molecular formula is C22H35NO2S. The Hall–Kier alpha value is -0.970. The average Bonchev–Trinajstić information content (AvgIpc) is 3.03. The van der Waals surface area contributed by atoms with E-state index in [1.165, 1.54) is 19.3 Å². The second kappa shape index (κ2) is 11.7. The molecule has 3 unspecified atom stereocenters. The number of thioether (sulfide) groups is 1. The largest absolute Gasteiger partial charge is 0.391 e. The molecule has 1 aromatic carbocycles. The molecule has 1 saturated heterocycles. The highest BCUT2D eigenvalue weighted by Crippen LogP contribution is 2.30. The van der Waals surface area contributed by atoms with Crippen LogP contribution in [0.4, 0.5) is 5.69 Å². The van der Waals surface area contributed by atoms with Crippen molar-refractivity contribution in [2.45, 2.75) is 70.1 Å². The topological polar surface area (TPSA) is 43.7 Å². The Balaban J connectivity index is 1.93. The molecule has 1 heterocycles. The lowest BCUT2D eigenvalue weighted by Gasteiger charge is -2.28. The molecule has 2 N–H and O–H groups in total. The number of benzene rings is 1. The van der Waals surface area contributed by atoms with Crippen LogP contribution < -0.4 is 4.90 Å². The fraction of sp³-hybridized carbons (Fsp3) is 0.636. The lowest BCUT2D eigenvalue weighted by atomic mass is 10.0. The summed E-state index contributed by atoms with van der Waals surface area (Å²) in [6.07, 6.45) is 13.1. The summed E-state index contributed by atoms with van der Waals surface area (Å²) in [5, 5.41) is 20.7. The van der Waals surface area contributed by atoms with Gasteiger partial charge >= 0.3 is 0 Å². The lowest BCUT2D eigenvalue weighted by Crippen LogP contribution is -2.34. The molecule has 26 heavy (non-hydrogen) atoms. The molecule has 4 heteroatoms. The highest BCUT2D eigenvalue weighted by atomic mass is 32.2. The Bertz CT molecular complexity index is 531. The van der Waals surface area contributed by atoms with Crippen LogP contribution in [0.25, 0.3) is 0 Å². The van der Waals surface area contributed by atoms with Crippen molar-refractivity contribution in [2.75, 3.05) is 23.5 Å². The van der Waals surface area contributed by atoms with E-state index in [0.29, 0.717) is 0 Å². The molecule has 2 rings (SSSR count). The van der Waals surface area contributed by atoms with Crippen LogP contribution in [0.5, 0.6) is 0 Å². The molecule has 1 fully saturated rings. The maximum absolute atomic E-state index is 10.4. The predicted molar refractivity (Wildman–Crippen MR) is 114 cm³/mol. The number of hydrogen-bond donors (Lipinski definition) is 2. The van der Waals surface area contributed by atoms with Crippen molar-refractivity contribution in [1.29, 1.82) is 0 Å². The quantitative estimate of drug-likeness (QED) is 0.423. The van der Waals surface area contributed by atoms with Gasteiger partial charge in [0.15, 0.2) is 0 Å². The van der Waals surface area contributed by atoms with Crippen molar-refractivity contribution < 1.29 is 10.2 Å². The molecule has 0 bridgehead atoms. The highest BCUT2D eigenvalue weighted by Gasteiger charge is 2.31. The molecule has 0 aromatic heterocycles. The van der Waals surface area contributed by atoms with E-state index in [-0.39, 0.29) is 18.2 Å². The fourth-order valence-corrected chi connectivity index (χ4v) is 3.99. The van der Waals surface area contributed by atoms with E-state index >= 15 is 0 Å². The molecule has 1 aliphatic rings. The number of aliphatic hydroxyl groups is 2. The van der Waals surface area contributed by atoms with Crippen molar-refractivity contribution in [2.24, 2.45) is 0 Å². The minimum atomic E-state index is -0.365. The van der Waals surface area contributed by atoms with Crippen molar-refractivity contribution in [3.8, 4) is 0 Å². The smallest absolute Gasteiger partial charge is 0.0790 e. The summed E-state index contributed by atoms with van der Waals surface area (Å²) in [5.74, 6) is 1.02. The summed E-state index contributed by atoms with van der Waals surface area (Å²) in [6, 6.07) is 8.44. The van der Waals surface area contributed by atoms with Gasteiger partial charge in [0.25, 0.3) is 0 Å². The molecule has 0 amide bonds. The number of aliphatic hydroxyl groups excluding tert-OH is 2. The maximum atomic E-state index is 10.4. The molecule has 0 saturated carbocycles. The number of rotatable bonds is 11. The number of anilines is 1. The third kappa shape index (κ3) is 6.33. The molecular weight excluding hydrogens is 342 g/mol. The summed E-state index contributed by atoms with van der Waals surface area (Å²) in [6.45, 7) is 3.09. The van der Waals surface area contributed by atoms with Crippen LogP contribution >= 0.6 is 11.8 Å². The van der Waals surface area contributed by atoms with Crippen LogP contribution in [0, 0.1) is 0 Å². The van der Waals surface area contributed by atoms with Gasteiger partial charge in [-0.2, -0.15) is 11.8 Å². The molecule has 1 aliphatic heterocycles. The van der Waals surface area contributed by atoms with Crippen molar-refractivity contribution in [3.05, 3.63) is 42.0 Å². The van der Waals surface area contributed by atoms with Crippen LogP contribution in [0.15, 0.2) is 36.4 Å². The SMILES string of the molecule is CCCCCCC(O)c1ccc(N2CCC(O)C2C/C=C\CSC)cc1. The molecule has 0 radical (unpaired) electrons. The number of unbranched alkanes of at least 4 members (excludes halogenated alkanes) is 3. The van der Waals surface area contributed by atoms with Gasteiger partial charge < -0.3 is 15.1 Å². The summed E-state index contributed by atoms with van der Waals surface area (Å²) >= 11 is 1.81. The van der Waals surface area contributed by atoms with Crippen molar-refractivity contribution >= 4 is 17.4 Å². The normalized spacial score (nSPS) is 21.6. The lowest BCUT2D eigenvalue weighted by molar-refractivity contribution is 0.163.